The minimum Gasteiger partial charge on any atom is -0.493 e. The molecule has 8 nitrogen and oxygen atoms in total. The zero-order valence-corrected chi connectivity index (χ0v) is 27.1. The summed E-state index contributed by atoms with van der Waals surface area (Å²) in [7, 11) is 2.99. The lowest BCUT2D eigenvalue weighted by molar-refractivity contribution is -0.116. The number of benzene rings is 4. The molecule has 0 aliphatic heterocycles. The molecule has 0 spiro atoms. The number of anilines is 2. The number of ether oxygens (including phenoxy) is 2. The summed E-state index contributed by atoms with van der Waals surface area (Å²) >= 11 is 4.50. The summed E-state index contributed by atoms with van der Waals surface area (Å²) in [5.74, 6) is -1.09. The summed E-state index contributed by atoms with van der Waals surface area (Å²) in [5, 5.41) is 7.67. The maximum Gasteiger partial charge on any atom is 0.272 e. The first-order chi connectivity index (χ1) is 21.7. The molecule has 0 saturated carbocycles. The number of para-hydroxylation sites is 1. The number of amides is 3. The molecule has 1 atom stereocenters. The van der Waals surface area contributed by atoms with Crippen LogP contribution in [-0.4, -0.2) is 37.2 Å². The molecule has 3 N–H and O–H groups in total. The number of nitrogens with one attached hydrogen (secondary N) is 3. The third-order valence-corrected chi connectivity index (χ3v) is 8.34. The van der Waals surface area contributed by atoms with Crippen LogP contribution in [0.25, 0.3) is 6.08 Å². The molecule has 0 aliphatic carbocycles. The van der Waals surface area contributed by atoms with Gasteiger partial charge in [0.2, 0.25) is 5.91 Å². The van der Waals surface area contributed by atoms with Crippen molar-refractivity contribution < 1.29 is 28.2 Å². The van der Waals surface area contributed by atoms with Crippen molar-refractivity contribution in [1.29, 1.82) is 0 Å². The van der Waals surface area contributed by atoms with Gasteiger partial charge in [-0.25, -0.2) is 4.39 Å². The van der Waals surface area contributed by atoms with Gasteiger partial charge in [-0.15, -0.1) is 11.8 Å². The molecule has 3 amide bonds. The van der Waals surface area contributed by atoms with Gasteiger partial charge in [-0.05, 0) is 67.1 Å². The number of rotatable bonds is 12. The van der Waals surface area contributed by atoms with Gasteiger partial charge in [-0.3, -0.25) is 14.4 Å². The van der Waals surface area contributed by atoms with Crippen molar-refractivity contribution in [2.24, 2.45) is 0 Å². The maximum absolute atomic E-state index is 14.3. The average molecular weight is 693 g/mol. The molecular weight excluding hydrogens is 661 g/mol. The molecule has 0 aliphatic rings. The summed E-state index contributed by atoms with van der Waals surface area (Å²) in [6.45, 7) is 1.86. The minimum atomic E-state index is -0.582. The predicted molar refractivity (Wildman–Crippen MR) is 179 cm³/mol. The van der Waals surface area contributed by atoms with Crippen LogP contribution < -0.4 is 25.4 Å². The Labute approximate surface area is 273 Å². The molecule has 0 aromatic heterocycles. The fraction of sp³-hybridized carbons (Fsp3) is 0.147. The smallest absolute Gasteiger partial charge is 0.272 e. The van der Waals surface area contributed by atoms with Crippen molar-refractivity contribution in [2.45, 2.75) is 23.5 Å². The van der Waals surface area contributed by atoms with Crippen LogP contribution in [0, 0.1) is 5.82 Å². The molecule has 0 radical (unpaired) electrons. The molecule has 0 heterocycles. The van der Waals surface area contributed by atoms with Crippen LogP contribution in [0.5, 0.6) is 11.5 Å². The first kappa shape index (κ1) is 33.3. The molecule has 4 rings (SSSR count). The van der Waals surface area contributed by atoms with Crippen LogP contribution in [0.2, 0.25) is 0 Å². The Morgan fingerprint density at radius 1 is 0.911 bits per heavy atom. The lowest BCUT2D eigenvalue weighted by Gasteiger charge is -2.16. The number of thioether (sulfide) groups is 1. The first-order valence-electron chi connectivity index (χ1n) is 13.9. The van der Waals surface area contributed by atoms with Gasteiger partial charge in [0.15, 0.2) is 11.5 Å². The molecule has 45 heavy (non-hydrogen) atoms. The molecule has 4 aromatic rings. The van der Waals surface area contributed by atoms with Crippen molar-refractivity contribution in [3.05, 3.63) is 118 Å². The number of methoxy groups -OCH3 is 2. The van der Waals surface area contributed by atoms with Crippen LogP contribution in [0.1, 0.15) is 29.3 Å². The van der Waals surface area contributed by atoms with Crippen molar-refractivity contribution in [1.82, 2.24) is 5.32 Å². The molecule has 1 unspecified atom stereocenters. The number of halogens is 2. The molecule has 0 fully saturated rings. The maximum atomic E-state index is 14.3. The molecule has 232 valence electrons. The van der Waals surface area contributed by atoms with Crippen molar-refractivity contribution in [3.63, 3.8) is 0 Å². The van der Waals surface area contributed by atoms with Crippen molar-refractivity contribution >= 4 is 62.9 Å². The van der Waals surface area contributed by atoms with E-state index < -0.39 is 22.9 Å². The van der Waals surface area contributed by atoms with E-state index >= 15 is 0 Å². The Bertz CT molecular complexity index is 1720. The monoisotopic (exact) mass is 691 g/mol. The molecular formula is C34H31BrFN3O5S. The Morgan fingerprint density at radius 3 is 2.36 bits per heavy atom. The van der Waals surface area contributed by atoms with Crippen LogP contribution in [0.15, 0.2) is 106 Å². The lowest BCUT2D eigenvalue weighted by atomic mass is 10.1. The molecule has 11 heteroatoms. The van der Waals surface area contributed by atoms with E-state index in [2.05, 4.69) is 31.9 Å². The minimum absolute atomic E-state index is 0.0317. The Hall–Kier alpha value is -4.61. The van der Waals surface area contributed by atoms with Gasteiger partial charge in [0.05, 0.1) is 25.2 Å². The van der Waals surface area contributed by atoms with Gasteiger partial charge < -0.3 is 25.4 Å². The van der Waals surface area contributed by atoms with Crippen molar-refractivity contribution in [3.8, 4) is 11.5 Å². The first-order valence-corrected chi connectivity index (χ1v) is 15.5. The van der Waals surface area contributed by atoms with E-state index in [0.717, 1.165) is 0 Å². The summed E-state index contributed by atoms with van der Waals surface area (Å²) in [4.78, 5) is 40.4. The second-order valence-corrected chi connectivity index (χ2v) is 11.8. The second-order valence-electron chi connectivity index (χ2n) is 9.57. The van der Waals surface area contributed by atoms with E-state index in [4.69, 9.17) is 9.47 Å². The SMILES string of the molecule is CCC(Sc1cccc(NC(=O)/C(=C\c2cccc(OC)c2OC)NC(=O)c2ccccc2)c1)C(=O)Nc1ccc(Br)cc1F. The van der Waals surface area contributed by atoms with E-state index in [-0.39, 0.29) is 17.3 Å². The topological polar surface area (TPSA) is 106 Å². The van der Waals surface area contributed by atoms with E-state index in [1.165, 1.54) is 44.2 Å². The normalized spacial score (nSPS) is 11.7. The quantitative estimate of drug-likeness (QED) is 0.105. The Kier molecular flexibility index (Phi) is 11.8. The highest BCUT2D eigenvalue weighted by Gasteiger charge is 2.21. The van der Waals surface area contributed by atoms with Crippen LogP contribution in [0.4, 0.5) is 15.8 Å². The highest BCUT2D eigenvalue weighted by Crippen LogP contribution is 2.33. The summed E-state index contributed by atoms with van der Waals surface area (Å²) in [6.07, 6.45) is 1.99. The third kappa shape index (κ3) is 8.96. The fourth-order valence-corrected chi connectivity index (χ4v) is 5.61. The van der Waals surface area contributed by atoms with E-state index in [9.17, 15) is 18.8 Å². The van der Waals surface area contributed by atoms with Crippen LogP contribution in [-0.2, 0) is 9.59 Å². The Morgan fingerprint density at radius 2 is 1.67 bits per heavy atom. The highest BCUT2D eigenvalue weighted by molar-refractivity contribution is 9.10. The number of carbonyl (C=O) groups is 3. The second kappa shape index (κ2) is 15.9. The van der Waals surface area contributed by atoms with E-state index in [1.807, 2.05) is 13.0 Å². The summed E-state index contributed by atoms with van der Waals surface area (Å²) in [5.41, 5.74) is 1.39. The summed E-state index contributed by atoms with van der Waals surface area (Å²) in [6, 6.07) is 25.1. The van der Waals surface area contributed by atoms with Gasteiger partial charge in [0.25, 0.3) is 11.8 Å². The zero-order chi connectivity index (χ0) is 32.3. The highest BCUT2D eigenvalue weighted by atomic mass is 79.9. The number of hydrogen-bond acceptors (Lipinski definition) is 6. The fourth-order valence-electron chi connectivity index (χ4n) is 4.26. The molecule has 4 aromatic carbocycles. The van der Waals surface area contributed by atoms with E-state index in [0.29, 0.717) is 44.1 Å². The summed E-state index contributed by atoms with van der Waals surface area (Å²) < 4.78 is 25.8. The van der Waals surface area contributed by atoms with Crippen molar-refractivity contribution in [2.75, 3.05) is 24.9 Å². The number of hydrogen-bond donors (Lipinski definition) is 3. The lowest BCUT2D eigenvalue weighted by Crippen LogP contribution is -2.30. The Balaban J connectivity index is 1.56. The van der Waals surface area contributed by atoms with Gasteiger partial charge in [-0.1, -0.05) is 59.3 Å². The van der Waals surface area contributed by atoms with Gasteiger partial charge >= 0.3 is 0 Å². The molecule has 0 bridgehead atoms. The van der Waals surface area contributed by atoms with E-state index in [1.54, 1.807) is 72.8 Å². The van der Waals surface area contributed by atoms with Gasteiger partial charge in [-0.2, -0.15) is 0 Å². The predicted octanol–water partition coefficient (Wildman–Crippen LogP) is 7.52. The average Bonchev–Trinajstić information content (AvgIpc) is 3.04. The largest absolute Gasteiger partial charge is 0.493 e. The standard InChI is InChI=1S/C34H31BrFN3O5S/c1-4-30(34(42)38-27-17-16-23(35)19-26(27)36)45-25-14-9-13-24(20-25)37-33(41)28(39-32(40)21-10-6-5-7-11-21)18-22-12-8-15-29(43-2)31(22)44-3/h5-20,30H,4H2,1-3H3,(H,37,41)(H,38,42)(H,39,40)/b28-18+. The number of carbonyl (C=O) groups excluding carboxylic acids is 3. The van der Waals surface area contributed by atoms with Crippen LogP contribution in [0.3, 0.4) is 0 Å². The van der Waals surface area contributed by atoms with Crippen LogP contribution >= 0.6 is 27.7 Å². The zero-order valence-electron chi connectivity index (χ0n) is 24.7. The third-order valence-electron chi connectivity index (χ3n) is 6.48. The van der Waals surface area contributed by atoms with Gasteiger partial charge in [0.1, 0.15) is 11.5 Å². The molecule has 0 saturated heterocycles. The van der Waals surface area contributed by atoms with Gasteiger partial charge in [0, 0.05) is 26.2 Å².